The Labute approximate surface area is 81.1 Å². The second-order valence-corrected chi connectivity index (χ2v) is 3.80. The van der Waals surface area contributed by atoms with Gasteiger partial charge in [-0.2, -0.15) is 0 Å². The molecule has 1 heterocycles. The van der Waals surface area contributed by atoms with Crippen molar-refractivity contribution >= 4 is 17.0 Å². The third-order valence-electron chi connectivity index (χ3n) is 2.53. The molecule has 0 aromatic heterocycles. The fraction of sp³-hybridized carbons (Fsp3) is 0.875. The number of rotatable bonds is 2. The summed E-state index contributed by atoms with van der Waals surface area (Å²) < 4.78 is 24.2. The SMILES string of the molecule is O=C(Cl)[N+]1(CC(F)F)CCCCC1. The summed E-state index contributed by atoms with van der Waals surface area (Å²) in [5, 5.41) is -0.639. The Morgan fingerprint density at radius 1 is 1.31 bits per heavy atom. The van der Waals surface area contributed by atoms with Gasteiger partial charge in [0.1, 0.15) is 6.54 Å². The van der Waals surface area contributed by atoms with Crippen LogP contribution in [-0.2, 0) is 0 Å². The van der Waals surface area contributed by atoms with Gasteiger partial charge in [0.05, 0.1) is 13.1 Å². The van der Waals surface area contributed by atoms with Crippen molar-refractivity contribution in [2.24, 2.45) is 0 Å². The zero-order chi connectivity index (χ0) is 9.90. The van der Waals surface area contributed by atoms with Crippen LogP contribution in [0.4, 0.5) is 13.6 Å². The Balaban J connectivity index is 2.67. The number of piperidine rings is 1. The molecular formula is C8H13ClF2NO+. The summed E-state index contributed by atoms with van der Waals surface area (Å²) >= 11 is 5.36. The van der Waals surface area contributed by atoms with Gasteiger partial charge >= 0.3 is 5.37 Å². The second kappa shape index (κ2) is 4.33. The molecule has 0 atom stereocenters. The number of hydrogen-bond donors (Lipinski definition) is 0. The predicted octanol–water partition coefficient (Wildman–Crippen LogP) is 2.61. The molecule has 1 saturated heterocycles. The minimum atomic E-state index is -2.46. The van der Waals surface area contributed by atoms with Gasteiger partial charge in [0.15, 0.2) is 0 Å². The van der Waals surface area contributed by atoms with Crippen molar-refractivity contribution in [3.05, 3.63) is 0 Å². The number of alkyl halides is 2. The summed E-state index contributed by atoms with van der Waals surface area (Å²) in [5.41, 5.74) is 0. The zero-order valence-electron chi connectivity index (χ0n) is 7.31. The predicted molar refractivity (Wildman–Crippen MR) is 46.0 cm³/mol. The molecule has 1 rings (SSSR count). The van der Waals surface area contributed by atoms with Gasteiger partial charge < -0.3 is 0 Å². The molecule has 0 N–H and O–H groups in total. The first-order chi connectivity index (χ1) is 6.07. The maximum atomic E-state index is 12.2. The van der Waals surface area contributed by atoms with E-state index in [2.05, 4.69) is 0 Å². The van der Waals surface area contributed by atoms with E-state index in [9.17, 15) is 13.6 Å². The van der Waals surface area contributed by atoms with E-state index in [-0.39, 0.29) is 4.48 Å². The van der Waals surface area contributed by atoms with Gasteiger partial charge in [0, 0.05) is 11.6 Å². The fourth-order valence-corrected chi connectivity index (χ4v) is 2.05. The fourth-order valence-electron chi connectivity index (χ4n) is 1.81. The average molecular weight is 213 g/mol. The molecule has 76 valence electrons. The lowest BCUT2D eigenvalue weighted by Crippen LogP contribution is -2.55. The highest BCUT2D eigenvalue weighted by Crippen LogP contribution is 2.23. The Hall–Kier alpha value is -0.220. The number of carbonyl (C=O) groups is 1. The smallest absolute Gasteiger partial charge is 0.241 e. The number of amides is 1. The number of hydrogen-bond acceptors (Lipinski definition) is 1. The average Bonchev–Trinajstić information content (AvgIpc) is 2.04. The van der Waals surface area contributed by atoms with Crippen molar-refractivity contribution in [1.29, 1.82) is 0 Å². The molecule has 5 heteroatoms. The molecule has 1 aliphatic heterocycles. The Kier molecular flexibility index (Phi) is 3.62. The van der Waals surface area contributed by atoms with Crippen molar-refractivity contribution < 1.29 is 18.1 Å². The molecule has 1 aliphatic rings. The number of likely N-dealkylation sites (tertiary alicyclic amines) is 1. The van der Waals surface area contributed by atoms with Gasteiger partial charge in [0.25, 0.3) is 6.43 Å². The summed E-state index contributed by atoms with van der Waals surface area (Å²) in [6, 6.07) is 0. The van der Waals surface area contributed by atoms with Gasteiger partial charge in [-0.15, -0.1) is 0 Å². The number of carbonyl (C=O) groups excluding carboxylic acids is 1. The highest BCUT2D eigenvalue weighted by molar-refractivity contribution is 6.60. The zero-order valence-corrected chi connectivity index (χ0v) is 8.07. The quantitative estimate of drug-likeness (QED) is 0.391. The van der Waals surface area contributed by atoms with E-state index < -0.39 is 18.3 Å². The van der Waals surface area contributed by atoms with Crippen LogP contribution in [0.25, 0.3) is 0 Å². The molecule has 1 fully saturated rings. The molecule has 0 unspecified atom stereocenters. The molecule has 13 heavy (non-hydrogen) atoms. The van der Waals surface area contributed by atoms with E-state index in [1.54, 1.807) is 0 Å². The molecule has 0 bridgehead atoms. The van der Waals surface area contributed by atoms with Crippen LogP contribution in [0.3, 0.4) is 0 Å². The van der Waals surface area contributed by atoms with E-state index in [1.165, 1.54) is 0 Å². The van der Waals surface area contributed by atoms with E-state index in [4.69, 9.17) is 11.6 Å². The summed E-state index contributed by atoms with van der Waals surface area (Å²) in [6.07, 6.45) is 0.171. The molecule has 0 saturated carbocycles. The highest BCUT2D eigenvalue weighted by Gasteiger charge is 2.39. The molecule has 1 amide bonds. The van der Waals surface area contributed by atoms with E-state index in [0.717, 1.165) is 19.3 Å². The topological polar surface area (TPSA) is 17.1 Å². The van der Waals surface area contributed by atoms with E-state index >= 15 is 0 Å². The van der Waals surface area contributed by atoms with Crippen LogP contribution in [0.1, 0.15) is 19.3 Å². The molecule has 0 aromatic rings. The van der Waals surface area contributed by atoms with Crippen LogP contribution in [0, 0.1) is 0 Å². The van der Waals surface area contributed by atoms with Gasteiger partial charge in [-0.3, -0.25) is 0 Å². The van der Waals surface area contributed by atoms with Crippen molar-refractivity contribution in [1.82, 2.24) is 0 Å². The first-order valence-corrected chi connectivity index (χ1v) is 4.79. The Morgan fingerprint density at radius 2 is 1.85 bits per heavy atom. The second-order valence-electron chi connectivity index (χ2n) is 3.48. The lowest BCUT2D eigenvalue weighted by molar-refractivity contribution is -0.854. The van der Waals surface area contributed by atoms with Crippen LogP contribution >= 0.6 is 11.6 Å². The summed E-state index contributed by atoms with van der Waals surface area (Å²) in [5.74, 6) is 0. The third kappa shape index (κ3) is 2.61. The third-order valence-corrected chi connectivity index (χ3v) is 2.89. The molecule has 0 aliphatic carbocycles. The van der Waals surface area contributed by atoms with Crippen LogP contribution in [0.5, 0.6) is 0 Å². The molecular weight excluding hydrogens is 200 g/mol. The maximum absolute atomic E-state index is 12.2. The summed E-state index contributed by atoms with van der Waals surface area (Å²) in [7, 11) is 0. The van der Waals surface area contributed by atoms with Crippen molar-refractivity contribution in [2.45, 2.75) is 25.7 Å². The van der Waals surface area contributed by atoms with Gasteiger partial charge in [-0.25, -0.2) is 18.1 Å². The lowest BCUT2D eigenvalue weighted by atomic mass is 10.1. The van der Waals surface area contributed by atoms with E-state index in [1.807, 2.05) is 0 Å². The molecule has 0 spiro atoms. The van der Waals surface area contributed by atoms with Gasteiger partial charge in [-0.1, -0.05) is 0 Å². The number of quaternary nitrogens is 1. The number of nitrogens with zero attached hydrogens (tertiary/aromatic N) is 1. The lowest BCUT2D eigenvalue weighted by Gasteiger charge is -2.36. The van der Waals surface area contributed by atoms with Crippen molar-refractivity contribution in [3.8, 4) is 0 Å². The first-order valence-electron chi connectivity index (χ1n) is 4.41. The first kappa shape index (κ1) is 10.9. The minimum Gasteiger partial charge on any atom is -0.241 e. The van der Waals surface area contributed by atoms with E-state index in [0.29, 0.717) is 13.1 Å². The van der Waals surface area contributed by atoms with Crippen LogP contribution in [0.2, 0.25) is 0 Å². The Morgan fingerprint density at radius 3 is 2.23 bits per heavy atom. The van der Waals surface area contributed by atoms with Crippen molar-refractivity contribution in [3.63, 3.8) is 0 Å². The highest BCUT2D eigenvalue weighted by atomic mass is 35.5. The Bertz CT molecular complexity index is 193. The largest absolute Gasteiger partial charge is 0.412 e. The maximum Gasteiger partial charge on any atom is 0.412 e. The standard InChI is InChI=1S/C8H13ClF2NO/c9-8(13)12(6-7(10)11)4-2-1-3-5-12/h7H,1-6H2/q+1. The van der Waals surface area contributed by atoms with Gasteiger partial charge in [0.2, 0.25) is 0 Å². The summed E-state index contributed by atoms with van der Waals surface area (Å²) in [6.45, 7) is 0.502. The normalized spacial score (nSPS) is 21.8. The number of halogens is 3. The van der Waals surface area contributed by atoms with Crippen LogP contribution in [-0.4, -0.2) is 35.9 Å². The molecule has 0 radical (unpaired) electrons. The molecule has 2 nitrogen and oxygen atoms in total. The van der Waals surface area contributed by atoms with Crippen molar-refractivity contribution in [2.75, 3.05) is 19.6 Å². The van der Waals surface area contributed by atoms with Gasteiger partial charge in [-0.05, 0) is 19.3 Å². The minimum absolute atomic E-state index is 0.237. The summed E-state index contributed by atoms with van der Waals surface area (Å²) in [4.78, 5) is 11.1. The van der Waals surface area contributed by atoms with Crippen LogP contribution in [0.15, 0.2) is 0 Å². The monoisotopic (exact) mass is 212 g/mol. The van der Waals surface area contributed by atoms with Crippen LogP contribution < -0.4 is 0 Å². The molecule has 0 aromatic carbocycles.